The highest BCUT2D eigenvalue weighted by atomic mass is 16.1. The molecule has 0 saturated carbocycles. The Balaban J connectivity index is 1.99. The first kappa shape index (κ1) is 12.3. The molecule has 0 bridgehead atoms. The highest BCUT2D eigenvalue weighted by Gasteiger charge is 2.04. The zero-order valence-electron chi connectivity index (χ0n) is 10.5. The molecular weight excluding hydrogens is 232 g/mol. The number of anilines is 1. The van der Waals surface area contributed by atoms with Crippen LogP contribution in [0.25, 0.3) is 0 Å². The summed E-state index contributed by atoms with van der Waals surface area (Å²) < 4.78 is 3.46. The van der Waals surface area contributed by atoms with E-state index in [4.69, 9.17) is 0 Å². The topological polar surface area (TPSA) is 77.6 Å². The van der Waals surface area contributed by atoms with Crippen molar-refractivity contribution in [3.05, 3.63) is 34.9 Å². The van der Waals surface area contributed by atoms with E-state index in [0.717, 1.165) is 5.82 Å². The van der Waals surface area contributed by atoms with Gasteiger partial charge in [0.25, 0.3) is 5.56 Å². The van der Waals surface area contributed by atoms with Crippen LogP contribution in [0.2, 0.25) is 0 Å². The summed E-state index contributed by atoms with van der Waals surface area (Å²) in [5.74, 6) is 1.25. The summed E-state index contributed by atoms with van der Waals surface area (Å²) in [6.07, 6.45) is 5.64. The summed E-state index contributed by atoms with van der Waals surface area (Å²) in [6, 6.07) is 0. The van der Waals surface area contributed by atoms with Gasteiger partial charge in [-0.1, -0.05) is 0 Å². The fourth-order valence-electron chi connectivity index (χ4n) is 1.64. The third-order valence-electron chi connectivity index (χ3n) is 2.70. The van der Waals surface area contributed by atoms with Crippen LogP contribution in [0.1, 0.15) is 12.7 Å². The van der Waals surface area contributed by atoms with E-state index in [1.165, 1.54) is 0 Å². The lowest BCUT2D eigenvalue weighted by atomic mass is 10.4. The number of aromatic nitrogens is 5. The van der Waals surface area contributed by atoms with Crippen LogP contribution in [0.5, 0.6) is 0 Å². The van der Waals surface area contributed by atoms with Crippen LogP contribution in [-0.2, 0) is 20.0 Å². The highest BCUT2D eigenvalue weighted by Crippen LogP contribution is 1.96. The quantitative estimate of drug-likeness (QED) is 0.808. The number of nitrogens with one attached hydrogen (secondary N) is 1. The lowest BCUT2D eigenvalue weighted by Gasteiger charge is -2.06. The van der Waals surface area contributed by atoms with E-state index in [2.05, 4.69) is 20.5 Å². The van der Waals surface area contributed by atoms with Crippen molar-refractivity contribution in [1.29, 1.82) is 0 Å². The minimum atomic E-state index is -0.0991. The van der Waals surface area contributed by atoms with Crippen molar-refractivity contribution in [3.63, 3.8) is 0 Å². The molecule has 7 heteroatoms. The maximum atomic E-state index is 11.9. The first-order valence-corrected chi connectivity index (χ1v) is 5.84. The van der Waals surface area contributed by atoms with Crippen LogP contribution in [0, 0.1) is 0 Å². The summed E-state index contributed by atoms with van der Waals surface area (Å²) in [4.78, 5) is 15.9. The smallest absolute Gasteiger partial charge is 0.293 e. The van der Waals surface area contributed by atoms with E-state index >= 15 is 0 Å². The van der Waals surface area contributed by atoms with Crippen molar-refractivity contribution < 1.29 is 0 Å². The predicted octanol–water partition coefficient (Wildman–Crippen LogP) is 0.0463. The number of hydrogen-bond donors (Lipinski definition) is 1. The van der Waals surface area contributed by atoms with Crippen molar-refractivity contribution >= 4 is 5.82 Å². The Hall–Kier alpha value is -2.18. The van der Waals surface area contributed by atoms with Gasteiger partial charge in [-0.25, -0.2) is 4.98 Å². The van der Waals surface area contributed by atoms with E-state index in [0.29, 0.717) is 25.3 Å². The minimum Gasteiger partial charge on any atom is -0.365 e. The second kappa shape index (κ2) is 5.44. The van der Waals surface area contributed by atoms with E-state index in [9.17, 15) is 4.79 Å². The monoisotopic (exact) mass is 248 g/mol. The van der Waals surface area contributed by atoms with Gasteiger partial charge in [0.1, 0.15) is 12.2 Å². The Labute approximate surface area is 105 Å². The van der Waals surface area contributed by atoms with Crippen molar-refractivity contribution in [2.75, 3.05) is 11.9 Å². The summed E-state index contributed by atoms with van der Waals surface area (Å²) in [5.41, 5.74) is -0.0991. The summed E-state index contributed by atoms with van der Waals surface area (Å²) in [7, 11) is 1.89. The van der Waals surface area contributed by atoms with Gasteiger partial charge in [0.2, 0.25) is 0 Å². The molecule has 18 heavy (non-hydrogen) atoms. The lowest BCUT2D eigenvalue weighted by molar-refractivity contribution is 0.717. The highest BCUT2D eigenvalue weighted by molar-refractivity contribution is 5.30. The Bertz CT molecular complexity index is 573. The maximum Gasteiger partial charge on any atom is 0.293 e. The number of hydrogen-bond acceptors (Lipinski definition) is 5. The van der Waals surface area contributed by atoms with Crippen LogP contribution in [0.4, 0.5) is 5.82 Å². The van der Waals surface area contributed by atoms with Gasteiger partial charge in [0, 0.05) is 39.0 Å². The van der Waals surface area contributed by atoms with E-state index < -0.39 is 0 Å². The fourth-order valence-corrected chi connectivity index (χ4v) is 1.64. The van der Waals surface area contributed by atoms with E-state index in [1.807, 2.05) is 18.5 Å². The van der Waals surface area contributed by atoms with Crippen molar-refractivity contribution in [2.24, 2.45) is 7.05 Å². The molecule has 1 N–H and O–H groups in total. The predicted molar refractivity (Wildman–Crippen MR) is 67.4 cm³/mol. The largest absolute Gasteiger partial charge is 0.365 e. The molecule has 0 radical (unpaired) electrons. The van der Waals surface area contributed by atoms with Crippen molar-refractivity contribution in [1.82, 2.24) is 24.3 Å². The zero-order valence-corrected chi connectivity index (χ0v) is 10.5. The van der Waals surface area contributed by atoms with Gasteiger partial charge in [-0.2, -0.15) is 0 Å². The third kappa shape index (κ3) is 2.55. The van der Waals surface area contributed by atoms with Gasteiger partial charge >= 0.3 is 0 Å². The van der Waals surface area contributed by atoms with Gasteiger partial charge in [-0.15, -0.1) is 10.2 Å². The van der Waals surface area contributed by atoms with Crippen LogP contribution in [-0.4, -0.2) is 30.9 Å². The molecule has 0 spiro atoms. The molecule has 0 aliphatic carbocycles. The second-order valence-corrected chi connectivity index (χ2v) is 3.90. The Morgan fingerprint density at radius 1 is 1.44 bits per heavy atom. The standard InChI is InChI=1S/C11H16N6O/c1-3-17-7-6-13-10(11(17)18)12-5-4-9-15-14-8-16(9)2/h6-8H,3-5H2,1-2H3,(H,12,13). The number of nitrogens with zero attached hydrogens (tertiary/aromatic N) is 5. The van der Waals surface area contributed by atoms with Gasteiger partial charge < -0.3 is 14.5 Å². The molecule has 7 nitrogen and oxygen atoms in total. The van der Waals surface area contributed by atoms with Crippen LogP contribution < -0.4 is 10.9 Å². The average molecular weight is 248 g/mol. The molecule has 0 saturated heterocycles. The number of rotatable bonds is 5. The lowest BCUT2D eigenvalue weighted by Crippen LogP contribution is -2.24. The van der Waals surface area contributed by atoms with Gasteiger partial charge in [0.05, 0.1) is 0 Å². The molecule has 0 aliphatic heterocycles. The van der Waals surface area contributed by atoms with Gasteiger partial charge in [0.15, 0.2) is 5.82 Å². The molecule has 0 fully saturated rings. The average Bonchev–Trinajstić information content (AvgIpc) is 2.77. The fraction of sp³-hybridized carbons (Fsp3) is 0.455. The van der Waals surface area contributed by atoms with Crippen LogP contribution in [0.3, 0.4) is 0 Å². The molecule has 2 aromatic rings. The van der Waals surface area contributed by atoms with Crippen LogP contribution >= 0.6 is 0 Å². The minimum absolute atomic E-state index is 0.0991. The first-order chi connectivity index (χ1) is 8.72. The third-order valence-corrected chi connectivity index (χ3v) is 2.70. The van der Waals surface area contributed by atoms with Crippen LogP contribution in [0.15, 0.2) is 23.5 Å². The molecule has 0 amide bonds. The first-order valence-electron chi connectivity index (χ1n) is 5.84. The van der Waals surface area contributed by atoms with Gasteiger partial charge in [-0.05, 0) is 6.92 Å². The molecule has 0 aromatic carbocycles. The molecule has 0 unspecified atom stereocenters. The normalized spacial score (nSPS) is 10.6. The molecule has 96 valence electrons. The SMILES string of the molecule is CCn1ccnc(NCCc2nncn2C)c1=O. The molecular formula is C11H16N6O. The molecule has 2 rings (SSSR count). The molecule has 0 atom stereocenters. The molecule has 2 heterocycles. The number of aryl methyl sites for hydroxylation is 2. The Morgan fingerprint density at radius 3 is 2.94 bits per heavy atom. The zero-order chi connectivity index (χ0) is 13.0. The van der Waals surface area contributed by atoms with Crippen molar-refractivity contribution in [2.45, 2.75) is 19.9 Å². The van der Waals surface area contributed by atoms with E-state index in [1.54, 1.807) is 23.3 Å². The van der Waals surface area contributed by atoms with Gasteiger partial charge in [-0.3, -0.25) is 4.79 Å². The maximum absolute atomic E-state index is 11.9. The Kier molecular flexibility index (Phi) is 3.71. The van der Waals surface area contributed by atoms with E-state index in [-0.39, 0.29) is 5.56 Å². The Morgan fingerprint density at radius 2 is 2.28 bits per heavy atom. The molecule has 0 aliphatic rings. The summed E-state index contributed by atoms with van der Waals surface area (Å²) in [6.45, 7) is 3.16. The summed E-state index contributed by atoms with van der Waals surface area (Å²) in [5, 5.41) is 10.8. The summed E-state index contributed by atoms with van der Waals surface area (Å²) >= 11 is 0. The second-order valence-electron chi connectivity index (χ2n) is 3.90. The molecule has 2 aromatic heterocycles. The van der Waals surface area contributed by atoms with Crippen molar-refractivity contribution in [3.8, 4) is 0 Å².